The van der Waals surface area contributed by atoms with E-state index in [-0.39, 0.29) is 0 Å². The van der Waals surface area contributed by atoms with E-state index in [0.717, 1.165) is 0 Å². The van der Waals surface area contributed by atoms with Crippen LogP contribution in [0.25, 0.3) is 0 Å². The fourth-order valence-corrected chi connectivity index (χ4v) is 0.671. The van der Waals surface area contributed by atoms with Crippen molar-refractivity contribution in [2.24, 2.45) is 0 Å². The van der Waals surface area contributed by atoms with Crippen molar-refractivity contribution in [3.05, 3.63) is 0 Å². The number of hydrogen-bond acceptors (Lipinski definition) is 6. The van der Waals surface area contributed by atoms with Crippen molar-refractivity contribution in [1.29, 1.82) is 0 Å². The first kappa shape index (κ1) is 16.2. The molecule has 0 aliphatic heterocycles. The summed E-state index contributed by atoms with van der Waals surface area (Å²) in [6.45, 7) is 2.55. The molecule has 0 aromatic rings. The van der Waals surface area contributed by atoms with Crippen LogP contribution in [0.15, 0.2) is 0 Å². The Bertz CT molecular complexity index is 106. The molecule has 6 N–H and O–H groups in total. The molecule has 4 atom stereocenters. The summed E-state index contributed by atoms with van der Waals surface area (Å²) < 4.78 is 0. The van der Waals surface area contributed by atoms with Crippen LogP contribution < -0.4 is 0 Å². The van der Waals surface area contributed by atoms with Gasteiger partial charge in [-0.05, 0) is 0 Å². The van der Waals surface area contributed by atoms with Crippen LogP contribution in [-0.4, -0.2) is 68.3 Å². The van der Waals surface area contributed by atoms with Crippen molar-refractivity contribution in [3.63, 3.8) is 0 Å². The van der Waals surface area contributed by atoms with E-state index in [4.69, 9.17) is 30.6 Å². The number of hydrogen-bond donors (Lipinski definition) is 6. The second-order valence-electron chi connectivity index (χ2n) is 2.48. The van der Waals surface area contributed by atoms with Gasteiger partial charge in [0, 0.05) is 0 Å². The fourth-order valence-electron chi connectivity index (χ4n) is 0.671. The van der Waals surface area contributed by atoms with Crippen molar-refractivity contribution in [2.45, 2.75) is 38.3 Å². The summed E-state index contributed by atoms with van der Waals surface area (Å²) in [4.78, 5) is 0. The molecule has 0 rings (SSSR count). The van der Waals surface area contributed by atoms with Gasteiger partial charge in [-0.25, -0.2) is 0 Å². The van der Waals surface area contributed by atoms with Crippen molar-refractivity contribution in [1.82, 2.24) is 0 Å². The zero-order valence-corrected chi connectivity index (χ0v) is 8.41. The van der Waals surface area contributed by atoms with E-state index in [1.807, 2.05) is 13.8 Å². The molecule has 0 saturated heterocycles. The Morgan fingerprint density at radius 1 is 0.714 bits per heavy atom. The van der Waals surface area contributed by atoms with E-state index in [9.17, 15) is 0 Å². The minimum atomic E-state index is -1.67. The average Bonchev–Trinajstić information content (AvgIpc) is 2.27. The molecule has 0 heterocycles. The predicted octanol–water partition coefficient (Wildman–Crippen LogP) is -2.56. The highest BCUT2D eigenvalue weighted by molar-refractivity contribution is 4.79. The maximum Gasteiger partial charge on any atom is 0.111 e. The second kappa shape index (κ2) is 9.32. The van der Waals surface area contributed by atoms with Crippen LogP contribution in [-0.2, 0) is 0 Å². The van der Waals surface area contributed by atoms with Crippen LogP contribution in [0.1, 0.15) is 13.8 Å². The Balaban J connectivity index is 0. The van der Waals surface area contributed by atoms with E-state index in [1.54, 1.807) is 0 Å². The minimum absolute atomic E-state index is 0.726. The number of aliphatic hydroxyl groups is 6. The molecule has 14 heavy (non-hydrogen) atoms. The predicted molar refractivity (Wildman–Crippen MR) is 49.5 cm³/mol. The van der Waals surface area contributed by atoms with Crippen LogP contribution in [0, 0.1) is 0 Å². The molecule has 0 saturated carbocycles. The third-order valence-corrected chi connectivity index (χ3v) is 1.51. The van der Waals surface area contributed by atoms with E-state index in [1.165, 1.54) is 0 Å². The summed E-state index contributed by atoms with van der Waals surface area (Å²) in [7, 11) is 0. The van der Waals surface area contributed by atoms with Crippen molar-refractivity contribution in [3.8, 4) is 0 Å². The normalized spacial score (nSPS) is 18.9. The molecule has 88 valence electrons. The largest absolute Gasteiger partial charge is 0.394 e. The lowest BCUT2D eigenvalue weighted by Gasteiger charge is -2.24. The van der Waals surface area contributed by atoms with Gasteiger partial charge < -0.3 is 30.6 Å². The molecule has 0 radical (unpaired) electrons. The molecule has 0 fully saturated rings. The van der Waals surface area contributed by atoms with Gasteiger partial charge in [0.25, 0.3) is 0 Å². The van der Waals surface area contributed by atoms with Gasteiger partial charge >= 0.3 is 0 Å². The van der Waals surface area contributed by atoms with Gasteiger partial charge in [0.15, 0.2) is 0 Å². The van der Waals surface area contributed by atoms with Gasteiger partial charge in [-0.3, -0.25) is 0 Å². The van der Waals surface area contributed by atoms with E-state index in [0.29, 0.717) is 0 Å². The highest BCUT2D eigenvalue weighted by Crippen LogP contribution is 2.03. The average molecular weight is 212 g/mol. The quantitative estimate of drug-likeness (QED) is 0.298. The van der Waals surface area contributed by atoms with Crippen molar-refractivity contribution < 1.29 is 30.6 Å². The van der Waals surface area contributed by atoms with E-state index >= 15 is 0 Å². The molecule has 0 spiro atoms. The maximum absolute atomic E-state index is 8.96. The first-order valence-corrected chi connectivity index (χ1v) is 4.48. The Hall–Kier alpha value is -0.240. The molecule has 6 heteroatoms. The molecule has 0 bridgehead atoms. The zero-order valence-electron chi connectivity index (χ0n) is 8.41. The lowest BCUT2D eigenvalue weighted by Crippen LogP contribution is -2.46. The van der Waals surface area contributed by atoms with Crippen molar-refractivity contribution >= 4 is 0 Å². The smallest absolute Gasteiger partial charge is 0.111 e. The highest BCUT2D eigenvalue weighted by atomic mass is 16.4. The van der Waals surface area contributed by atoms with Crippen LogP contribution >= 0.6 is 0 Å². The lowest BCUT2D eigenvalue weighted by molar-refractivity contribution is -0.123. The third kappa shape index (κ3) is 5.48. The summed E-state index contributed by atoms with van der Waals surface area (Å²) in [5.74, 6) is 0. The summed E-state index contributed by atoms with van der Waals surface area (Å²) in [5, 5.41) is 52.2. The molecule has 6 nitrogen and oxygen atoms in total. The monoisotopic (exact) mass is 212 g/mol. The van der Waals surface area contributed by atoms with E-state index < -0.39 is 37.6 Å². The zero-order chi connectivity index (χ0) is 11.7. The Labute approximate surface area is 83.1 Å². The number of aliphatic hydroxyl groups excluding tert-OH is 6. The van der Waals surface area contributed by atoms with Crippen LogP contribution in [0.2, 0.25) is 0 Å². The summed E-state index contributed by atoms with van der Waals surface area (Å²) >= 11 is 0. The SMILES string of the molecule is CC.OCC(O)C(O)C(O)C(O)CO. The first-order chi connectivity index (χ1) is 6.54. The summed E-state index contributed by atoms with van der Waals surface area (Å²) in [6.07, 6.45) is -6.39. The third-order valence-electron chi connectivity index (χ3n) is 1.51. The molecule has 0 aliphatic carbocycles. The van der Waals surface area contributed by atoms with Gasteiger partial charge in [-0.15, -0.1) is 0 Å². The Morgan fingerprint density at radius 2 is 0.929 bits per heavy atom. The van der Waals surface area contributed by atoms with Gasteiger partial charge in [0.2, 0.25) is 0 Å². The first-order valence-electron chi connectivity index (χ1n) is 4.48. The van der Waals surface area contributed by atoms with Crippen LogP contribution in [0.4, 0.5) is 0 Å². The standard InChI is InChI=1S/C6H14O6.C2H6/c7-1-3(9)5(11)6(12)4(10)2-8;1-2/h3-12H,1-2H2;1-2H3. The van der Waals surface area contributed by atoms with Gasteiger partial charge in [-0.1, -0.05) is 13.8 Å². The van der Waals surface area contributed by atoms with Crippen LogP contribution in [0.5, 0.6) is 0 Å². The molecule has 0 aromatic heterocycles. The summed E-state index contributed by atoms with van der Waals surface area (Å²) in [5.41, 5.74) is 0. The fraction of sp³-hybridized carbons (Fsp3) is 1.00. The topological polar surface area (TPSA) is 121 Å². The van der Waals surface area contributed by atoms with E-state index in [2.05, 4.69) is 0 Å². The van der Waals surface area contributed by atoms with Gasteiger partial charge in [0.05, 0.1) is 13.2 Å². The molecule has 4 unspecified atom stereocenters. The molecular weight excluding hydrogens is 192 g/mol. The lowest BCUT2D eigenvalue weighted by atomic mass is 10.0. The Kier molecular flexibility index (Phi) is 10.8. The van der Waals surface area contributed by atoms with Crippen LogP contribution in [0.3, 0.4) is 0 Å². The van der Waals surface area contributed by atoms with Gasteiger partial charge in [-0.2, -0.15) is 0 Å². The second-order valence-corrected chi connectivity index (χ2v) is 2.48. The van der Waals surface area contributed by atoms with Gasteiger partial charge in [0.1, 0.15) is 24.4 Å². The minimum Gasteiger partial charge on any atom is -0.394 e. The molecule has 0 aromatic carbocycles. The summed E-state index contributed by atoms with van der Waals surface area (Å²) in [6, 6.07) is 0. The molecule has 0 amide bonds. The maximum atomic E-state index is 8.96. The Morgan fingerprint density at radius 3 is 1.07 bits per heavy atom. The van der Waals surface area contributed by atoms with Crippen molar-refractivity contribution in [2.75, 3.05) is 13.2 Å². The molecular formula is C8H20O6. The molecule has 0 aliphatic rings. The highest BCUT2D eigenvalue weighted by Gasteiger charge is 2.29. The number of rotatable bonds is 5.